The third-order valence-electron chi connectivity index (χ3n) is 0.908. The molecule has 0 N–H and O–H groups in total. The molecule has 1 saturated heterocycles. The molecule has 2 amide bonds. The van der Waals surface area contributed by atoms with Gasteiger partial charge in [-0.3, -0.25) is 0 Å². The molecule has 1 heterocycles. The van der Waals surface area contributed by atoms with E-state index in [2.05, 4.69) is 0 Å². The van der Waals surface area contributed by atoms with E-state index in [9.17, 15) is 4.79 Å². The molecule has 0 radical (unpaired) electrons. The molecule has 0 spiro atoms. The van der Waals surface area contributed by atoms with Gasteiger partial charge in [0.25, 0.3) is 0 Å². The summed E-state index contributed by atoms with van der Waals surface area (Å²) in [6.07, 6.45) is 0. The van der Waals surface area contributed by atoms with Crippen molar-refractivity contribution in [3.05, 3.63) is 0 Å². The lowest BCUT2D eigenvalue weighted by molar-refractivity contribution is 0.225. The van der Waals surface area contributed by atoms with Crippen molar-refractivity contribution in [2.75, 3.05) is 13.1 Å². The third kappa shape index (κ3) is 0.833. The molecule has 1 aliphatic heterocycles. The monoisotopic (exact) mass is 154 g/mol. The molecule has 0 aliphatic carbocycles. The second-order valence-corrected chi connectivity index (χ2v) is 2.27. The van der Waals surface area contributed by atoms with Gasteiger partial charge in [-0.25, -0.2) is 13.6 Å². The van der Waals surface area contributed by atoms with Gasteiger partial charge in [0.2, 0.25) is 0 Å². The molecule has 1 fully saturated rings. The number of rotatable bonds is 0. The first-order valence-corrected chi connectivity index (χ1v) is 2.80. The van der Waals surface area contributed by atoms with E-state index in [-0.39, 0.29) is 6.03 Å². The van der Waals surface area contributed by atoms with Crippen LogP contribution in [0.1, 0.15) is 0 Å². The van der Waals surface area contributed by atoms with Crippen molar-refractivity contribution in [1.29, 1.82) is 0 Å². The maximum absolute atomic E-state index is 10.5. The predicted molar refractivity (Wildman–Crippen MR) is 30.5 cm³/mol. The zero-order chi connectivity index (χ0) is 6.15. The Balaban J connectivity index is 2.57. The highest BCUT2D eigenvalue weighted by Crippen LogP contribution is 2.11. The van der Waals surface area contributed by atoms with Crippen LogP contribution >= 0.6 is 23.6 Å². The molecule has 5 heteroatoms. The van der Waals surface area contributed by atoms with Crippen LogP contribution in [0.15, 0.2) is 0 Å². The molecule has 0 unspecified atom stereocenters. The van der Waals surface area contributed by atoms with Gasteiger partial charge in [-0.1, -0.05) is 0 Å². The summed E-state index contributed by atoms with van der Waals surface area (Å²) in [6, 6.07) is -0.340. The average molecular weight is 155 g/mol. The van der Waals surface area contributed by atoms with E-state index in [1.807, 2.05) is 0 Å². The van der Waals surface area contributed by atoms with Crippen molar-refractivity contribution < 1.29 is 4.79 Å². The topological polar surface area (TPSA) is 23.6 Å². The lowest BCUT2D eigenvalue weighted by Crippen LogP contribution is -2.17. The van der Waals surface area contributed by atoms with Crippen molar-refractivity contribution >= 4 is 29.6 Å². The highest BCUT2D eigenvalue weighted by atomic mass is 35.5. The second-order valence-electron chi connectivity index (χ2n) is 1.45. The van der Waals surface area contributed by atoms with Crippen molar-refractivity contribution in [3.8, 4) is 0 Å². The Morgan fingerprint density at radius 3 is 1.75 bits per heavy atom. The van der Waals surface area contributed by atoms with Gasteiger partial charge in [0.1, 0.15) is 0 Å². The van der Waals surface area contributed by atoms with Crippen LogP contribution in [0.5, 0.6) is 0 Å². The van der Waals surface area contributed by atoms with E-state index in [1.54, 1.807) is 0 Å². The zero-order valence-electron chi connectivity index (χ0n) is 3.97. The number of hydrogen-bond acceptors (Lipinski definition) is 1. The van der Waals surface area contributed by atoms with E-state index in [0.717, 1.165) is 8.84 Å². The molecule has 0 atom stereocenters. The molecule has 1 aliphatic rings. The van der Waals surface area contributed by atoms with Gasteiger partial charge in [0.05, 0.1) is 13.1 Å². The van der Waals surface area contributed by atoms with Crippen molar-refractivity contribution in [2.45, 2.75) is 0 Å². The Morgan fingerprint density at radius 2 is 1.62 bits per heavy atom. The predicted octanol–water partition coefficient (Wildman–Crippen LogP) is 1.03. The van der Waals surface area contributed by atoms with Crippen molar-refractivity contribution in [1.82, 2.24) is 8.84 Å². The summed E-state index contributed by atoms with van der Waals surface area (Å²) >= 11 is 10.6. The van der Waals surface area contributed by atoms with E-state index < -0.39 is 0 Å². The summed E-state index contributed by atoms with van der Waals surface area (Å²) in [6.45, 7) is 1.01. The lowest BCUT2D eigenvalue weighted by atomic mass is 10.7. The fourth-order valence-corrected chi connectivity index (χ4v) is 0.857. The van der Waals surface area contributed by atoms with E-state index >= 15 is 0 Å². The van der Waals surface area contributed by atoms with Crippen LogP contribution in [0.3, 0.4) is 0 Å². The minimum absolute atomic E-state index is 0.340. The summed E-state index contributed by atoms with van der Waals surface area (Å²) in [5.74, 6) is 0. The number of halogens is 2. The highest BCUT2D eigenvalue weighted by Gasteiger charge is 2.25. The van der Waals surface area contributed by atoms with Gasteiger partial charge < -0.3 is 0 Å². The van der Waals surface area contributed by atoms with Crippen LogP contribution in [-0.2, 0) is 0 Å². The van der Waals surface area contributed by atoms with E-state index in [0.29, 0.717) is 13.1 Å². The highest BCUT2D eigenvalue weighted by molar-refractivity contribution is 6.28. The van der Waals surface area contributed by atoms with Gasteiger partial charge in [0.15, 0.2) is 0 Å². The van der Waals surface area contributed by atoms with Crippen LogP contribution in [-0.4, -0.2) is 28.0 Å². The Hall–Kier alpha value is -0.150. The van der Waals surface area contributed by atoms with Crippen molar-refractivity contribution in [2.24, 2.45) is 0 Å². The molecule has 0 aromatic heterocycles. The zero-order valence-corrected chi connectivity index (χ0v) is 5.48. The maximum atomic E-state index is 10.5. The van der Waals surface area contributed by atoms with Crippen molar-refractivity contribution in [3.63, 3.8) is 0 Å². The maximum Gasteiger partial charge on any atom is 0.349 e. The van der Waals surface area contributed by atoms with Gasteiger partial charge in [-0.05, 0) is 0 Å². The van der Waals surface area contributed by atoms with Gasteiger partial charge in [0, 0.05) is 23.6 Å². The van der Waals surface area contributed by atoms with Crippen LogP contribution in [0.4, 0.5) is 4.79 Å². The lowest BCUT2D eigenvalue weighted by Gasteiger charge is -2.01. The molecule has 3 nitrogen and oxygen atoms in total. The fourth-order valence-electron chi connectivity index (χ4n) is 0.485. The van der Waals surface area contributed by atoms with E-state index in [1.165, 1.54) is 0 Å². The number of carbonyl (C=O) groups is 1. The normalized spacial score (nSPS) is 20.5. The first kappa shape index (κ1) is 5.98. The summed E-state index contributed by atoms with van der Waals surface area (Å²) in [4.78, 5) is 10.5. The van der Waals surface area contributed by atoms with Crippen LogP contribution in [0.2, 0.25) is 0 Å². The summed E-state index contributed by atoms with van der Waals surface area (Å²) in [5, 5.41) is 0. The molecular formula is C3H4Cl2N2O. The summed E-state index contributed by atoms with van der Waals surface area (Å²) < 4.78 is 2.10. The van der Waals surface area contributed by atoms with Crippen LogP contribution in [0, 0.1) is 0 Å². The largest absolute Gasteiger partial charge is 0.349 e. The molecule has 0 saturated carbocycles. The SMILES string of the molecule is O=C1N(Cl)CCN1Cl. The number of urea groups is 1. The number of amides is 2. The molecule has 1 rings (SSSR count). The standard InChI is InChI=1S/C3H4Cl2N2O/c4-6-1-2-7(5)3(6)8/h1-2H2. The first-order chi connectivity index (χ1) is 3.72. The Kier molecular flexibility index (Phi) is 1.49. The average Bonchev–Trinajstić information content (AvgIpc) is 1.98. The Bertz CT molecular complexity index is 106. The second kappa shape index (κ2) is 1.99. The minimum Gasteiger partial charge on any atom is -0.246 e. The van der Waals surface area contributed by atoms with Crippen LogP contribution in [0.25, 0.3) is 0 Å². The summed E-state index contributed by atoms with van der Waals surface area (Å²) in [7, 11) is 0. The smallest absolute Gasteiger partial charge is 0.246 e. The van der Waals surface area contributed by atoms with Gasteiger partial charge in [-0.2, -0.15) is 0 Å². The number of carbonyl (C=O) groups excluding carboxylic acids is 1. The van der Waals surface area contributed by atoms with Gasteiger partial charge >= 0.3 is 6.03 Å². The number of nitrogens with zero attached hydrogens (tertiary/aromatic N) is 2. The van der Waals surface area contributed by atoms with E-state index in [4.69, 9.17) is 23.6 Å². The number of hydrogen-bond donors (Lipinski definition) is 0. The molecule has 0 bridgehead atoms. The van der Waals surface area contributed by atoms with Gasteiger partial charge in [-0.15, -0.1) is 0 Å². The first-order valence-electron chi connectivity index (χ1n) is 2.12. The molecule has 0 aromatic rings. The Morgan fingerprint density at radius 1 is 1.25 bits per heavy atom. The fraction of sp³-hybridized carbons (Fsp3) is 0.667. The molecule has 8 heavy (non-hydrogen) atoms. The molecule has 0 aromatic carbocycles. The molecule has 46 valence electrons. The minimum atomic E-state index is -0.340. The van der Waals surface area contributed by atoms with Crippen LogP contribution < -0.4 is 0 Å². The third-order valence-corrected chi connectivity index (χ3v) is 1.54. The quantitative estimate of drug-likeness (QED) is 0.479. The Labute approximate surface area is 57.0 Å². The molecular weight excluding hydrogens is 151 g/mol. The summed E-state index contributed by atoms with van der Waals surface area (Å²) in [5.41, 5.74) is 0.